The van der Waals surface area contributed by atoms with E-state index in [1.807, 2.05) is 44.2 Å². The van der Waals surface area contributed by atoms with Gasteiger partial charge in [0.25, 0.3) is 0 Å². The molecule has 6 heteroatoms. The highest BCUT2D eigenvalue weighted by molar-refractivity contribution is 6.34. The van der Waals surface area contributed by atoms with Gasteiger partial charge in [-0.1, -0.05) is 42.4 Å². The predicted molar refractivity (Wildman–Crippen MR) is 140 cm³/mol. The molecule has 3 atom stereocenters. The van der Waals surface area contributed by atoms with E-state index in [1.54, 1.807) is 6.07 Å². The Balaban J connectivity index is 1.52. The molecule has 4 rings (SSSR count). The van der Waals surface area contributed by atoms with Gasteiger partial charge in [-0.15, -0.1) is 11.6 Å². The van der Waals surface area contributed by atoms with E-state index in [2.05, 4.69) is 18.5 Å². The van der Waals surface area contributed by atoms with Gasteiger partial charge in [-0.3, -0.25) is 0 Å². The summed E-state index contributed by atoms with van der Waals surface area (Å²) >= 11 is 19.2. The second kappa shape index (κ2) is 9.37. The van der Waals surface area contributed by atoms with Crippen molar-refractivity contribution in [2.45, 2.75) is 31.1 Å². The van der Waals surface area contributed by atoms with Gasteiger partial charge in [-0.25, -0.2) is 8.78 Å². The van der Waals surface area contributed by atoms with Crippen LogP contribution in [0.5, 0.6) is 0 Å². The molecule has 1 nitrogen and oxygen atoms in total. The zero-order valence-electron chi connectivity index (χ0n) is 18.9. The zero-order chi connectivity index (χ0) is 24.8. The number of alkyl halides is 1. The van der Waals surface area contributed by atoms with Gasteiger partial charge < -0.3 is 5.32 Å². The molecule has 176 valence electrons. The molecule has 0 radical (unpaired) electrons. The third kappa shape index (κ3) is 5.02. The number of nitrogens with one attached hydrogen (secondary N) is 1. The third-order valence-electron chi connectivity index (χ3n) is 6.39. The van der Waals surface area contributed by atoms with Crippen molar-refractivity contribution in [2.75, 3.05) is 5.32 Å². The van der Waals surface area contributed by atoms with Crippen LogP contribution in [-0.4, -0.2) is 4.87 Å². The largest absolute Gasteiger partial charge is 0.359 e. The minimum atomic E-state index is -0.524. The van der Waals surface area contributed by atoms with Gasteiger partial charge >= 0.3 is 0 Å². The van der Waals surface area contributed by atoms with E-state index in [4.69, 9.17) is 34.8 Å². The van der Waals surface area contributed by atoms with Crippen LogP contribution in [0.15, 0.2) is 73.5 Å². The first-order valence-electron chi connectivity index (χ1n) is 10.8. The number of halogens is 5. The second-order valence-corrected chi connectivity index (χ2v) is 10.7. The molecule has 0 heterocycles. The molecule has 0 aliphatic heterocycles. The van der Waals surface area contributed by atoms with E-state index in [0.29, 0.717) is 15.6 Å². The Morgan fingerprint density at radius 3 is 2.35 bits per heavy atom. The van der Waals surface area contributed by atoms with Crippen molar-refractivity contribution < 1.29 is 8.78 Å². The molecule has 0 saturated heterocycles. The van der Waals surface area contributed by atoms with Crippen molar-refractivity contribution in [3.63, 3.8) is 0 Å². The lowest BCUT2D eigenvalue weighted by molar-refractivity contribution is 0.590. The smallest absolute Gasteiger partial charge is 0.126 e. The van der Waals surface area contributed by atoms with E-state index >= 15 is 0 Å². The first-order chi connectivity index (χ1) is 16.0. The predicted octanol–water partition coefficient (Wildman–Crippen LogP) is 9.17. The molecular weight excluding hydrogens is 495 g/mol. The highest BCUT2D eigenvalue weighted by Crippen LogP contribution is 2.64. The van der Waals surface area contributed by atoms with Gasteiger partial charge in [0.15, 0.2) is 0 Å². The monoisotopic (exact) mass is 517 g/mol. The summed E-state index contributed by atoms with van der Waals surface area (Å²) in [5.74, 6) is -0.943. The van der Waals surface area contributed by atoms with Crippen LogP contribution < -0.4 is 5.32 Å². The Morgan fingerprint density at radius 2 is 1.68 bits per heavy atom. The molecule has 0 aromatic heterocycles. The number of aryl methyl sites for hydroxylation is 1. The third-order valence-corrected chi connectivity index (χ3v) is 7.30. The maximum absolute atomic E-state index is 14.1. The van der Waals surface area contributed by atoms with Crippen LogP contribution >= 0.6 is 34.8 Å². The molecule has 3 aromatic carbocycles. The number of rotatable bonds is 7. The summed E-state index contributed by atoms with van der Waals surface area (Å²) in [6.45, 7) is 12.3. The highest BCUT2D eigenvalue weighted by Gasteiger charge is 2.62. The fourth-order valence-corrected chi connectivity index (χ4v) is 5.63. The molecule has 0 amide bonds. The minimum Gasteiger partial charge on any atom is -0.359 e. The van der Waals surface area contributed by atoms with Gasteiger partial charge in [0.05, 0.1) is 4.87 Å². The number of anilines is 1. The van der Waals surface area contributed by atoms with Crippen molar-refractivity contribution in [3.05, 3.63) is 117 Å². The van der Waals surface area contributed by atoms with Gasteiger partial charge in [0, 0.05) is 39.7 Å². The maximum atomic E-state index is 14.1. The van der Waals surface area contributed by atoms with Crippen LogP contribution in [0, 0.1) is 24.5 Å². The van der Waals surface area contributed by atoms with E-state index in [-0.39, 0.29) is 23.8 Å². The Bertz CT molecular complexity index is 1280. The average Bonchev–Trinajstić information content (AvgIpc) is 3.33. The standard InChI is InChI=1S/C28H24Cl3F2N/c1-15-5-7-23(14-24(15)16(2)9-18-12-22(32)6-8-25(18)33)34-17(3)26-27(28(26,4)31)19-10-20(29)13-21(30)11-19/h5-8,10-14,26-27,34H,2-3,9H2,1,4H3. The van der Waals surface area contributed by atoms with E-state index in [9.17, 15) is 8.78 Å². The lowest BCUT2D eigenvalue weighted by Gasteiger charge is -2.15. The van der Waals surface area contributed by atoms with Crippen molar-refractivity contribution in [3.8, 4) is 0 Å². The van der Waals surface area contributed by atoms with Crippen LogP contribution in [0.1, 0.15) is 35.1 Å². The molecule has 0 bridgehead atoms. The van der Waals surface area contributed by atoms with Crippen LogP contribution in [0.2, 0.25) is 10.0 Å². The summed E-state index contributed by atoms with van der Waals surface area (Å²) in [5, 5.41) is 4.51. The molecule has 3 aromatic rings. The Kier molecular flexibility index (Phi) is 6.83. The minimum absolute atomic E-state index is 0.0150. The number of allylic oxidation sites excluding steroid dienone is 2. The van der Waals surface area contributed by atoms with Gasteiger partial charge in [0.1, 0.15) is 11.6 Å². The first-order valence-corrected chi connectivity index (χ1v) is 11.9. The summed E-state index contributed by atoms with van der Waals surface area (Å²) in [6.07, 6.45) is 0.203. The number of hydrogen-bond donors (Lipinski definition) is 1. The van der Waals surface area contributed by atoms with Crippen LogP contribution in [0.3, 0.4) is 0 Å². The highest BCUT2D eigenvalue weighted by atomic mass is 35.5. The number of hydrogen-bond acceptors (Lipinski definition) is 1. The molecule has 1 aliphatic rings. The summed E-state index contributed by atoms with van der Waals surface area (Å²) in [6, 6.07) is 14.7. The normalized spacial score (nSPS) is 21.3. The fraction of sp³-hybridized carbons (Fsp3) is 0.214. The van der Waals surface area contributed by atoms with Gasteiger partial charge in [-0.2, -0.15) is 0 Å². The molecule has 3 unspecified atom stereocenters. The van der Waals surface area contributed by atoms with Gasteiger partial charge in [0.2, 0.25) is 0 Å². The molecule has 1 fully saturated rings. The quantitative estimate of drug-likeness (QED) is 0.307. The van der Waals surface area contributed by atoms with Crippen molar-refractivity contribution in [1.82, 2.24) is 0 Å². The molecule has 1 aliphatic carbocycles. The summed E-state index contributed by atoms with van der Waals surface area (Å²) < 4.78 is 27.7. The maximum Gasteiger partial charge on any atom is 0.126 e. The Morgan fingerprint density at radius 1 is 1.00 bits per heavy atom. The first kappa shape index (κ1) is 24.8. The van der Waals surface area contributed by atoms with Crippen molar-refractivity contribution in [2.24, 2.45) is 5.92 Å². The Hall–Kier alpha value is -2.33. The van der Waals surface area contributed by atoms with E-state index < -0.39 is 16.5 Å². The summed E-state index contributed by atoms with van der Waals surface area (Å²) in [7, 11) is 0. The van der Waals surface area contributed by atoms with Crippen molar-refractivity contribution >= 4 is 46.1 Å². The van der Waals surface area contributed by atoms with Crippen molar-refractivity contribution in [1.29, 1.82) is 0 Å². The van der Waals surface area contributed by atoms with Crippen LogP contribution in [0.25, 0.3) is 5.57 Å². The summed E-state index contributed by atoms with van der Waals surface area (Å²) in [4.78, 5) is -0.524. The Labute approximate surface area is 214 Å². The zero-order valence-corrected chi connectivity index (χ0v) is 21.1. The lowest BCUT2D eigenvalue weighted by atomic mass is 9.95. The van der Waals surface area contributed by atoms with Crippen LogP contribution in [0.4, 0.5) is 14.5 Å². The van der Waals surface area contributed by atoms with E-state index in [1.165, 1.54) is 6.07 Å². The summed E-state index contributed by atoms with van der Waals surface area (Å²) in [5.41, 5.74) is 5.37. The van der Waals surface area contributed by atoms with E-state index in [0.717, 1.165) is 40.2 Å². The lowest BCUT2D eigenvalue weighted by Crippen LogP contribution is -2.06. The molecule has 1 saturated carbocycles. The average molecular weight is 519 g/mol. The molecular formula is C28H24Cl3F2N. The molecule has 34 heavy (non-hydrogen) atoms. The van der Waals surface area contributed by atoms with Gasteiger partial charge in [-0.05, 0) is 90.2 Å². The molecule has 1 N–H and O–H groups in total. The molecule has 0 spiro atoms. The fourth-order valence-electron chi connectivity index (χ4n) is 4.65. The SMILES string of the molecule is C=C(Cc1cc(F)ccc1F)c1cc(NC(=C)C2C(c3cc(Cl)cc(Cl)c3)C2(C)Cl)ccc1C. The second-order valence-electron chi connectivity index (χ2n) is 9.01. The van der Waals surface area contributed by atoms with Crippen LogP contribution in [-0.2, 0) is 6.42 Å². The topological polar surface area (TPSA) is 12.0 Å². The number of benzene rings is 3.